The largest absolute Gasteiger partial charge is 0.331 e. The van der Waals surface area contributed by atoms with E-state index in [1.165, 1.54) is 18.7 Å². The fourth-order valence-electron chi connectivity index (χ4n) is 2.84. The molecule has 5 nitrogen and oxygen atoms in total. The van der Waals surface area contributed by atoms with Gasteiger partial charge in [0.1, 0.15) is 12.1 Å². The number of rotatable bonds is 6. The van der Waals surface area contributed by atoms with Crippen molar-refractivity contribution in [1.82, 2.24) is 15.0 Å². The van der Waals surface area contributed by atoms with Gasteiger partial charge in [0.25, 0.3) is 0 Å². The van der Waals surface area contributed by atoms with E-state index in [1.807, 2.05) is 18.2 Å². The number of hydrogen-bond donors (Lipinski definition) is 2. The van der Waals surface area contributed by atoms with E-state index in [0.717, 1.165) is 48.0 Å². The van der Waals surface area contributed by atoms with Crippen molar-refractivity contribution in [2.45, 2.75) is 19.3 Å². The first-order chi connectivity index (χ1) is 12.7. The number of imidazole rings is 1. The van der Waals surface area contributed by atoms with Gasteiger partial charge in [-0.05, 0) is 42.2 Å². The van der Waals surface area contributed by atoms with Gasteiger partial charge in [-0.2, -0.15) is 0 Å². The fourth-order valence-corrected chi connectivity index (χ4v) is 2.84. The maximum absolute atomic E-state index is 10.4. The molecule has 0 bridgehead atoms. The second kappa shape index (κ2) is 10.3. The Morgan fingerprint density at radius 1 is 1.15 bits per heavy atom. The summed E-state index contributed by atoms with van der Waals surface area (Å²) in [5.41, 5.74) is 6.23. The third-order valence-corrected chi connectivity index (χ3v) is 4.07. The fraction of sp³-hybridized carbons (Fsp3) is 0.238. The Bertz CT molecular complexity index is 854. The van der Waals surface area contributed by atoms with Crippen LogP contribution in [0.25, 0.3) is 17.1 Å². The molecule has 5 heteroatoms. The standard InChI is InChI=1S/C20H20N2O.CH5NO/c1-22-19-13-12-17(10-6-14-23)15-18(19)21-20(22)11-5-9-16-7-3-2-4-8-16;1-2-3/h2-4,6-8,10,12-15H,5,9,11H2,1H3;2-3H,1H3/b10-6+;. The van der Waals surface area contributed by atoms with Crippen molar-refractivity contribution in [3.8, 4) is 0 Å². The van der Waals surface area contributed by atoms with Crippen LogP contribution in [0.3, 0.4) is 0 Å². The first-order valence-electron chi connectivity index (χ1n) is 8.61. The zero-order chi connectivity index (χ0) is 18.8. The highest BCUT2D eigenvalue weighted by Crippen LogP contribution is 2.19. The lowest BCUT2D eigenvalue weighted by atomic mass is 10.1. The monoisotopic (exact) mass is 351 g/mol. The lowest BCUT2D eigenvalue weighted by Gasteiger charge is -2.03. The number of benzene rings is 2. The number of nitrogens with zero attached hydrogens (tertiary/aromatic N) is 2. The van der Waals surface area contributed by atoms with Crippen molar-refractivity contribution >= 4 is 23.4 Å². The topological polar surface area (TPSA) is 67.2 Å². The normalized spacial score (nSPS) is 10.7. The van der Waals surface area contributed by atoms with E-state index in [2.05, 4.69) is 41.9 Å². The Morgan fingerprint density at radius 3 is 2.58 bits per heavy atom. The average Bonchev–Trinajstić information content (AvgIpc) is 2.97. The number of aryl methyl sites for hydroxylation is 3. The van der Waals surface area contributed by atoms with Crippen LogP contribution < -0.4 is 5.48 Å². The number of carbonyl (C=O) groups excluding carboxylic acids is 1. The van der Waals surface area contributed by atoms with Gasteiger partial charge in [-0.1, -0.05) is 42.5 Å². The number of hydrogen-bond acceptors (Lipinski definition) is 4. The Morgan fingerprint density at radius 2 is 1.88 bits per heavy atom. The van der Waals surface area contributed by atoms with Gasteiger partial charge in [0.05, 0.1) is 11.0 Å². The number of hydroxylamine groups is 1. The minimum absolute atomic E-state index is 0.789. The Balaban J connectivity index is 0.000000758. The van der Waals surface area contributed by atoms with Crippen molar-refractivity contribution in [3.63, 3.8) is 0 Å². The van der Waals surface area contributed by atoms with Crippen LogP contribution in [0.2, 0.25) is 0 Å². The highest BCUT2D eigenvalue weighted by Gasteiger charge is 2.07. The lowest BCUT2D eigenvalue weighted by Crippen LogP contribution is -1.99. The maximum Gasteiger partial charge on any atom is 0.142 e. The van der Waals surface area contributed by atoms with Crippen LogP contribution in [-0.4, -0.2) is 28.1 Å². The number of aromatic nitrogens is 2. The van der Waals surface area contributed by atoms with Crippen molar-refractivity contribution in [2.24, 2.45) is 7.05 Å². The van der Waals surface area contributed by atoms with Gasteiger partial charge in [0.15, 0.2) is 0 Å². The molecular formula is C21H25N3O2. The molecule has 0 saturated carbocycles. The van der Waals surface area contributed by atoms with Crippen LogP contribution in [0.15, 0.2) is 54.6 Å². The zero-order valence-corrected chi connectivity index (χ0v) is 15.2. The van der Waals surface area contributed by atoms with E-state index in [0.29, 0.717) is 0 Å². The van der Waals surface area contributed by atoms with Crippen molar-refractivity contribution in [1.29, 1.82) is 0 Å². The molecule has 2 aromatic carbocycles. The molecule has 0 spiro atoms. The van der Waals surface area contributed by atoms with E-state index in [9.17, 15) is 4.79 Å². The summed E-state index contributed by atoms with van der Waals surface area (Å²) in [6.07, 6.45) is 7.20. The SMILES string of the molecule is CNO.Cn1c(CCCc2ccccc2)nc2cc(/C=C/C=O)ccc21. The van der Waals surface area contributed by atoms with E-state index >= 15 is 0 Å². The van der Waals surface area contributed by atoms with Crippen LogP contribution >= 0.6 is 0 Å². The maximum atomic E-state index is 10.4. The predicted octanol–water partition coefficient (Wildman–Crippen LogP) is 3.56. The molecule has 26 heavy (non-hydrogen) atoms. The molecule has 0 aliphatic carbocycles. The van der Waals surface area contributed by atoms with E-state index in [1.54, 1.807) is 11.6 Å². The lowest BCUT2D eigenvalue weighted by molar-refractivity contribution is -0.104. The number of carbonyl (C=O) groups is 1. The summed E-state index contributed by atoms with van der Waals surface area (Å²) in [5, 5.41) is 7.32. The van der Waals surface area contributed by atoms with Crippen LogP contribution in [0.4, 0.5) is 0 Å². The minimum Gasteiger partial charge on any atom is -0.331 e. The Kier molecular flexibility index (Phi) is 7.74. The predicted molar refractivity (Wildman–Crippen MR) is 105 cm³/mol. The number of allylic oxidation sites excluding steroid dienone is 1. The molecule has 0 unspecified atom stereocenters. The summed E-state index contributed by atoms with van der Waals surface area (Å²) >= 11 is 0. The Labute approximate surface area is 154 Å². The average molecular weight is 351 g/mol. The molecule has 0 atom stereocenters. The van der Waals surface area contributed by atoms with E-state index < -0.39 is 0 Å². The van der Waals surface area contributed by atoms with Gasteiger partial charge in [-0.25, -0.2) is 10.5 Å². The highest BCUT2D eigenvalue weighted by molar-refractivity contribution is 5.81. The summed E-state index contributed by atoms with van der Waals surface area (Å²) in [6.45, 7) is 0. The van der Waals surface area contributed by atoms with Gasteiger partial charge in [-0.15, -0.1) is 0 Å². The van der Waals surface area contributed by atoms with Gasteiger partial charge in [-0.3, -0.25) is 4.79 Å². The summed E-state index contributed by atoms with van der Waals surface area (Å²) in [6, 6.07) is 16.6. The molecule has 0 amide bonds. The quantitative estimate of drug-likeness (QED) is 0.405. The molecule has 1 aromatic heterocycles. The van der Waals surface area contributed by atoms with Crippen LogP contribution in [0.5, 0.6) is 0 Å². The number of aldehydes is 1. The summed E-state index contributed by atoms with van der Waals surface area (Å²) in [7, 11) is 3.49. The van der Waals surface area contributed by atoms with E-state index in [4.69, 9.17) is 10.2 Å². The van der Waals surface area contributed by atoms with Gasteiger partial charge < -0.3 is 9.77 Å². The molecule has 1 heterocycles. The number of fused-ring (bicyclic) bond motifs is 1. The molecule has 3 aromatic rings. The first kappa shape index (κ1) is 19.6. The van der Waals surface area contributed by atoms with Crippen molar-refractivity contribution in [2.75, 3.05) is 7.05 Å². The highest BCUT2D eigenvalue weighted by atomic mass is 16.5. The van der Waals surface area contributed by atoms with Gasteiger partial charge in [0.2, 0.25) is 0 Å². The molecule has 2 N–H and O–H groups in total. The summed E-state index contributed by atoms with van der Waals surface area (Å²) in [5.74, 6) is 1.10. The van der Waals surface area contributed by atoms with Crippen molar-refractivity contribution in [3.05, 3.63) is 71.6 Å². The first-order valence-corrected chi connectivity index (χ1v) is 8.61. The molecule has 0 fully saturated rings. The molecule has 0 aliphatic rings. The molecule has 3 rings (SSSR count). The molecule has 0 saturated heterocycles. The molecule has 0 aliphatic heterocycles. The van der Waals surface area contributed by atoms with Crippen LogP contribution in [0.1, 0.15) is 23.4 Å². The third kappa shape index (κ3) is 5.37. The van der Waals surface area contributed by atoms with Gasteiger partial charge in [0, 0.05) is 20.5 Å². The minimum atomic E-state index is 0.789. The smallest absolute Gasteiger partial charge is 0.142 e. The van der Waals surface area contributed by atoms with Crippen molar-refractivity contribution < 1.29 is 10.0 Å². The zero-order valence-electron chi connectivity index (χ0n) is 15.2. The van der Waals surface area contributed by atoms with Crippen LogP contribution in [0, 0.1) is 0 Å². The molecular weight excluding hydrogens is 326 g/mol. The second-order valence-electron chi connectivity index (χ2n) is 5.89. The molecule has 136 valence electrons. The summed E-state index contributed by atoms with van der Waals surface area (Å²) < 4.78 is 2.16. The Hall–Kier alpha value is -2.76. The molecule has 0 radical (unpaired) electrons. The third-order valence-electron chi connectivity index (χ3n) is 4.07. The van der Waals surface area contributed by atoms with Crippen LogP contribution in [-0.2, 0) is 24.7 Å². The van der Waals surface area contributed by atoms with Gasteiger partial charge >= 0.3 is 0 Å². The number of nitrogens with one attached hydrogen (secondary N) is 1. The summed E-state index contributed by atoms with van der Waals surface area (Å²) in [4.78, 5) is 15.2. The van der Waals surface area contributed by atoms with E-state index in [-0.39, 0.29) is 0 Å². The second-order valence-corrected chi connectivity index (χ2v) is 5.89.